The van der Waals surface area contributed by atoms with Gasteiger partial charge in [0.05, 0.1) is 23.7 Å². The van der Waals surface area contributed by atoms with Crippen molar-refractivity contribution in [2.75, 3.05) is 17.7 Å². The molecule has 9 nitrogen and oxygen atoms in total. The van der Waals surface area contributed by atoms with Gasteiger partial charge in [0.1, 0.15) is 5.82 Å². The van der Waals surface area contributed by atoms with Crippen LogP contribution in [0.3, 0.4) is 0 Å². The maximum atomic E-state index is 14.1. The molecule has 0 fully saturated rings. The number of hydrogen-bond donors (Lipinski definition) is 2. The van der Waals surface area contributed by atoms with E-state index in [4.69, 9.17) is 4.74 Å². The summed E-state index contributed by atoms with van der Waals surface area (Å²) in [5.41, 5.74) is 1.41. The van der Waals surface area contributed by atoms with Gasteiger partial charge in [-0.1, -0.05) is 0 Å². The summed E-state index contributed by atoms with van der Waals surface area (Å²) in [6.45, 7) is 12.3. The first-order valence-corrected chi connectivity index (χ1v) is 11.1. The normalized spacial score (nSPS) is 11.1. The van der Waals surface area contributed by atoms with Crippen molar-refractivity contribution >= 4 is 29.7 Å². The number of anilines is 2. The lowest BCUT2D eigenvalue weighted by Crippen LogP contribution is -2.32. The van der Waals surface area contributed by atoms with Crippen molar-refractivity contribution in [2.24, 2.45) is 0 Å². The van der Waals surface area contributed by atoms with E-state index in [0.717, 1.165) is 0 Å². The Balaban J connectivity index is 0.000000440. The summed E-state index contributed by atoms with van der Waals surface area (Å²) in [5, 5.41) is 5.02. The molecule has 1 aromatic carbocycles. The predicted molar refractivity (Wildman–Crippen MR) is 131 cm³/mol. The molecular weight excluding hydrogens is 439 g/mol. The zero-order valence-electron chi connectivity index (χ0n) is 20.7. The summed E-state index contributed by atoms with van der Waals surface area (Å²) in [7, 11) is 2.15. The van der Waals surface area contributed by atoms with Crippen molar-refractivity contribution in [1.82, 2.24) is 19.3 Å². The van der Waals surface area contributed by atoms with Crippen LogP contribution in [0.25, 0.3) is 17.0 Å². The number of rotatable bonds is 7. The molecule has 0 atom stereocenters. The van der Waals surface area contributed by atoms with Gasteiger partial charge in [-0.2, -0.15) is 0 Å². The summed E-state index contributed by atoms with van der Waals surface area (Å²) in [4.78, 5) is 33.0. The second kappa shape index (κ2) is 12.1. The van der Waals surface area contributed by atoms with Gasteiger partial charge >= 0.3 is 6.09 Å². The quantitative estimate of drug-likeness (QED) is 0.479. The molecule has 0 unspecified atom stereocenters. The minimum Gasteiger partial charge on any atom is -0.447 e. The number of nitrogens with one attached hydrogen (secondary N) is 2. The van der Waals surface area contributed by atoms with Gasteiger partial charge in [0.2, 0.25) is 12.2 Å². The van der Waals surface area contributed by atoms with E-state index in [0.29, 0.717) is 41.3 Å². The Bertz CT molecular complexity index is 1110. The Morgan fingerprint density at radius 3 is 2.35 bits per heavy atom. The Labute approximate surface area is 199 Å². The molecule has 0 aliphatic rings. The van der Waals surface area contributed by atoms with Gasteiger partial charge < -0.3 is 15.0 Å². The van der Waals surface area contributed by atoms with Crippen LogP contribution in [-0.2, 0) is 9.53 Å². The third kappa shape index (κ3) is 7.51. The first-order valence-electron chi connectivity index (χ1n) is 11.1. The van der Waals surface area contributed by atoms with E-state index in [2.05, 4.69) is 60.2 Å². The van der Waals surface area contributed by atoms with Gasteiger partial charge in [0.15, 0.2) is 0 Å². The molecule has 0 aliphatic carbocycles. The third-order valence-corrected chi connectivity index (χ3v) is 5.00. The molecule has 2 amide bonds. The Kier molecular flexibility index (Phi) is 9.49. The minimum absolute atomic E-state index is 0.219. The number of fused-ring (bicyclic) bond motifs is 1. The molecule has 3 aromatic rings. The molecule has 0 radical (unpaired) electrons. The van der Waals surface area contributed by atoms with E-state index >= 15 is 0 Å². The molecule has 2 N–H and O–H groups in total. The minimum atomic E-state index is -0.597. The van der Waals surface area contributed by atoms with Crippen molar-refractivity contribution in [3.8, 4) is 11.3 Å². The lowest BCUT2D eigenvalue weighted by atomic mass is 10.1. The molecular formula is C24H33FN6O3. The number of ether oxygens (including phenoxy) is 1. The molecule has 0 bridgehead atoms. The smallest absolute Gasteiger partial charge is 0.411 e. The number of benzene rings is 1. The molecule has 184 valence electrons. The molecule has 2 aromatic heterocycles. The van der Waals surface area contributed by atoms with Crippen LogP contribution >= 0.6 is 0 Å². The largest absolute Gasteiger partial charge is 0.447 e. The maximum Gasteiger partial charge on any atom is 0.411 e. The average molecular weight is 473 g/mol. The molecule has 2 heterocycles. The number of aromatic nitrogens is 3. The molecule has 0 aliphatic heterocycles. The molecule has 3 rings (SSSR count). The monoisotopic (exact) mass is 472 g/mol. The number of carbonyl (C=O) groups excluding carboxylic acids is 2. The highest BCUT2D eigenvalue weighted by molar-refractivity contribution is 5.84. The zero-order chi connectivity index (χ0) is 25.4. The summed E-state index contributed by atoms with van der Waals surface area (Å²) < 4.78 is 20.7. The molecule has 0 saturated heterocycles. The highest BCUT2D eigenvalue weighted by Crippen LogP contribution is 2.25. The first-order chi connectivity index (χ1) is 16.0. The summed E-state index contributed by atoms with van der Waals surface area (Å²) >= 11 is 0. The van der Waals surface area contributed by atoms with Gasteiger partial charge in [-0.3, -0.25) is 14.5 Å². The van der Waals surface area contributed by atoms with Crippen LogP contribution in [0.2, 0.25) is 0 Å². The first kappa shape index (κ1) is 26.7. The average Bonchev–Trinajstić information content (AvgIpc) is 3.17. The number of amides is 2. The second-order valence-corrected chi connectivity index (χ2v) is 8.56. The van der Waals surface area contributed by atoms with Gasteiger partial charge in [0.25, 0.3) is 0 Å². The fourth-order valence-corrected chi connectivity index (χ4v) is 2.92. The van der Waals surface area contributed by atoms with E-state index in [1.807, 2.05) is 0 Å². The molecule has 0 spiro atoms. The lowest BCUT2D eigenvalue weighted by Gasteiger charge is -2.24. The van der Waals surface area contributed by atoms with Crippen molar-refractivity contribution in [1.29, 1.82) is 0 Å². The maximum absolute atomic E-state index is 14.1. The van der Waals surface area contributed by atoms with E-state index < -0.39 is 11.9 Å². The number of carbonyl (C=O) groups is 2. The van der Waals surface area contributed by atoms with E-state index in [1.165, 1.54) is 24.4 Å². The van der Waals surface area contributed by atoms with Crippen molar-refractivity contribution in [2.45, 2.75) is 59.7 Å². The fourth-order valence-electron chi connectivity index (χ4n) is 2.92. The summed E-state index contributed by atoms with van der Waals surface area (Å²) in [6, 6.07) is 5.52. The summed E-state index contributed by atoms with van der Waals surface area (Å²) in [5.74, 6) is -0.153. The number of hydrogen-bond acceptors (Lipinski definition) is 6. The van der Waals surface area contributed by atoms with Gasteiger partial charge in [-0.15, -0.1) is 0 Å². The fraction of sp³-hybridized carbons (Fsp3) is 0.417. The van der Waals surface area contributed by atoms with Crippen LogP contribution in [0, 0.1) is 5.82 Å². The van der Waals surface area contributed by atoms with Crippen molar-refractivity contribution in [3.63, 3.8) is 0 Å². The van der Waals surface area contributed by atoms with E-state index in [-0.39, 0.29) is 11.7 Å². The number of imidazole rings is 1. The summed E-state index contributed by atoms with van der Waals surface area (Å²) in [6.07, 6.45) is 4.25. The third-order valence-electron chi connectivity index (χ3n) is 5.00. The highest BCUT2D eigenvalue weighted by Gasteiger charge is 2.13. The zero-order valence-corrected chi connectivity index (χ0v) is 20.7. The second-order valence-electron chi connectivity index (χ2n) is 8.56. The van der Waals surface area contributed by atoms with E-state index in [9.17, 15) is 14.0 Å². The van der Waals surface area contributed by atoms with Crippen LogP contribution in [0.5, 0.6) is 0 Å². The number of halogens is 1. The van der Waals surface area contributed by atoms with Gasteiger partial charge in [-0.05, 0) is 66.8 Å². The van der Waals surface area contributed by atoms with Crippen molar-refractivity contribution < 1.29 is 18.7 Å². The Hall–Kier alpha value is -3.53. The van der Waals surface area contributed by atoms with E-state index in [1.54, 1.807) is 30.6 Å². The Morgan fingerprint density at radius 2 is 1.79 bits per heavy atom. The highest BCUT2D eigenvalue weighted by atomic mass is 19.1. The van der Waals surface area contributed by atoms with Crippen LogP contribution in [0.4, 0.5) is 20.6 Å². The van der Waals surface area contributed by atoms with Crippen LogP contribution in [0.1, 0.15) is 41.5 Å². The van der Waals surface area contributed by atoms with Gasteiger partial charge in [-0.25, -0.2) is 19.2 Å². The number of nitrogens with zero attached hydrogens (tertiary/aromatic N) is 4. The van der Waals surface area contributed by atoms with Crippen LogP contribution < -0.4 is 10.6 Å². The van der Waals surface area contributed by atoms with Crippen LogP contribution in [-0.4, -0.2) is 57.0 Å². The van der Waals surface area contributed by atoms with Crippen molar-refractivity contribution in [3.05, 3.63) is 42.6 Å². The molecule has 0 saturated carbocycles. The lowest BCUT2D eigenvalue weighted by molar-refractivity contribution is -0.105. The molecule has 34 heavy (non-hydrogen) atoms. The standard InChI is InChI=1S/C17H16FN5O3.C7H17N/c1-10(2)26-17(25)21-12-6-19-16-22-15(8-23(16)7-12)13-5-11(20-9-24)3-4-14(13)18;1-6(2)8(5)7(3)4/h3-10H,1-2H3,(H,20,24)(H,21,25);6-7H,1-5H3. The Morgan fingerprint density at radius 1 is 1.12 bits per heavy atom. The van der Waals surface area contributed by atoms with Crippen LogP contribution in [0.15, 0.2) is 36.8 Å². The SMILES string of the molecule is CC(C)N(C)C(C)C.CC(C)OC(=O)Nc1cnc2nc(-c3cc(NC=O)ccc3F)cn2c1. The molecule has 10 heteroatoms. The topological polar surface area (TPSA) is 101 Å². The predicted octanol–water partition coefficient (Wildman–Crippen LogP) is 4.80. The van der Waals surface area contributed by atoms with Gasteiger partial charge in [0, 0.05) is 35.7 Å².